The average molecular weight is 557 g/mol. The van der Waals surface area contributed by atoms with Gasteiger partial charge in [-0.25, -0.2) is 17.5 Å². The third-order valence-electron chi connectivity index (χ3n) is 7.96. The van der Waals surface area contributed by atoms with Crippen LogP contribution in [-0.4, -0.2) is 40.2 Å². The first kappa shape index (κ1) is 26.2. The lowest BCUT2D eigenvalue weighted by Crippen LogP contribution is -2.37. The molecule has 0 bridgehead atoms. The quantitative estimate of drug-likeness (QED) is 0.303. The SMILES string of the molecule is Cc1cc2c(cnn2-c2ccc(=O)n(C)c2)cc1C1(Cc2ccccc2)CCN(S(=O)(=O)c2ccccc2F)C1. The van der Waals surface area contributed by atoms with Crippen LogP contribution in [0.1, 0.15) is 23.1 Å². The van der Waals surface area contributed by atoms with Crippen molar-refractivity contribution < 1.29 is 12.8 Å². The molecule has 0 saturated carbocycles. The Hall–Kier alpha value is -4.08. The highest BCUT2D eigenvalue weighted by Gasteiger charge is 2.45. The number of rotatable bonds is 6. The van der Waals surface area contributed by atoms with Gasteiger partial charge in [0.05, 0.1) is 17.4 Å². The molecule has 0 radical (unpaired) electrons. The van der Waals surface area contributed by atoms with E-state index in [1.54, 1.807) is 36.3 Å². The van der Waals surface area contributed by atoms with E-state index >= 15 is 0 Å². The second-order valence-electron chi connectivity index (χ2n) is 10.6. The lowest BCUT2D eigenvalue weighted by Gasteiger charge is -2.32. The molecule has 0 aliphatic carbocycles. The number of aromatic nitrogens is 3. The molecule has 204 valence electrons. The van der Waals surface area contributed by atoms with Crippen molar-refractivity contribution in [3.05, 3.63) is 124 Å². The average Bonchev–Trinajstić information content (AvgIpc) is 3.56. The Balaban J connectivity index is 1.45. The fourth-order valence-electron chi connectivity index (χ4n) is 5.94. The number of aryl methyl sites for hydroxylation is 2. The van der Waals surface area contributed by atoms with Crippen molar-refractivity contribution >= 4 is 20.9 Å². The van der Waals surface area contributed by atoms with Crippen molar-refractivity contribution in [3.8, 4) is 5.69 Å². The molecule has 40 heavy (non-hydrogen) atoms. The van der Waals surface area contributed by atoms with E-state index in [0.717, 1.165) is 33.3 Å². The number of hydrogen-bond donors (Lipinski definition) is 0. The van der Waals surface area contributed by atoms with Gasteiger partial charge in [-0.3, -0.25) is 4.79 Å². The van der Waals surface area contributed by atoms with Gasteiger partial charge in [-0.1, -0.05) is 42.5 Å². The van der Waals surface area contributed by atoms with Crippen LogP contribution < -0.4 is 5.56 Å². The van der Waals surface area contributed by atoms with Crippen LogP contribution in [0.15, 0.2) is 101 Å². The third kappa shape index (κ3) is 4.45. The van der Waals surface area contributed by atoms with E-state index < -0.39 is 21.3 Å². The molecule has 1 unspecified atom stereocenters. The van der Waals surface area contributed by atoms with Crippen molar-refractivity contribution in [2.45, 2.75) is 30.1 Å². The molecular formula is C31H29FN4O3S. The predicted octanol–water partition coefficient (Wildman–Crippen LogP) is 4.75. The first-order valence-corrected chi connectivity index (χ1v) is 14.6. The van der Waals surface area contributed by atoms with Gasteiger partial charge < -0.3 is 4.57 Å². The van der Waals surface area contributed by atoms with Gasteiger partial charge in [0, 0.05) is 43.2 Å². The van der Waals surface area contributed by atoms with Gasteiger partial charge in [-0.2, -0.15) is 9.40 Å². The summed E-state index contributed by atoms with van der Waals surface area (Å²) in [4.78, 5) is 11.6. The summed E-state index contributed by atoms with van der Waals surface area (Å²) in [5.74, 6) is -0.744. The van der Waals surface area contributed by atoms with Crippen LogP contribution in [0.25, 0.3) is 16.6 Å². The first-order valence-electron chi connectivity index (χ1n) is 13.1. The fraction of sp³-hybridized carbons (Fsp3) is 0.226. The zero-order valence-electron chi connectivity index (χ0n) is 22.3. The Kier molecular flexibility index (Phi) is 6.43. The summed E-state index contributed by atoms with van der Waals surface area (Å²) in [6.45, 7) is 2.56. The molecule has 1 fully saturated rings. The van der Waals surface area contributed by atoms with Crippen LogP contribution >= 0.6 is 0 Å². The minimum absolute atomic E-state index is 0.0994. The third-order valence-corrected chi connectivity index (χ3v) is 9.84. The molecule has 6 rings (SSSR count). The second-order valence-corrected chi connectivity index (χ2v) is 12.5. The highest BCUT2D eigenvalue weighted by molar-refractivity contribution is 7.89. The zero-order chi connectivity index (χ0) is 28.1. The molecule has 0 amide bonds. The Bertz CT molecular complexity index is 1900. The van der Waals surface area contributed by atoms with Crippen LogP contribution in [0.5, 0.6) is 0 Å². The summed E-state index contributed by atoms with van der Waals surface area (Å²) in [5, 5.41) is 5.52. The maximum Gasteiger partial charge on any atom is 0.250 e. The predicted molar refractivity (Wildman–Crippen MR) is 153 cm³/mol. The van der Waals surface area contributed by atoms with E-state index in [1.165, 1.54) is 33.1 Å². The van der Waals surface area contributed by atoms with Gasteiger partial charge in [0.25, 0.3) is 0 Å². The molecule has 7 nitrogen and oxygen atoms in total. The molecule has 1 atom stereocenters. The highest BCUT2D eigenvalue weighted by Crippen LogP contribution is 2.42. The number of nitrogens with zero attached hydrogens (tertiary/aromatic N) is 4. The Morgan fingerprint density at radius 1 is 1.00 bits per heavy atom. The lowest BCUT2D eigenvalue weighted by molar-refractivity contribution is 0.411. The minimum Gasteiger partial charge on any atom is -0.316 e. The van der Waals surface area contributed by atoms with Crippen LogP contribution in [-0.2, 0) is 28.9 Å². The van der Waals surface area contributed by atoms with Gasteiger partial charge >= 0.3 is 0 Å². The van der Waals surface area contributed by atoms with Gasteiger partial charge in [0.2, 0.25) is 15.6 Å². The maximum atomic E-state index is 14.6. The topological polar surface area (TPSA) is 77.2 Å². The van der Waals surface area contributed by atoms with Gasteiger partial charge in [-0.15, -0.1) is 0 Å². The van der Waals surface area contributed by atoms with Crippen molar-refractivity contribution in [1.29, 1.82) is 0 Å². The van der Waals surface area contributed by atoms with Gasteiger partial charge in [0.15, 0.2) is 0 Å². The number of pyridine rings is 1. The van der Waals surface area contributed by atoms with Crippen molar-refractivity contribution in [2.24, 2.45) is 7.05 Å². The van der Waals surface area contributed by atoms with Crippen LogP contribution in [0.4, 0.5) is 4.39 Å². The standard InChI is InChI=1S/C31H29FN4O3S/c1-22-16-28-24(19-33-36(28)25-12-13-30(37)34(2)20-25)17-26(22)31(18-23-8-4-3-5-9-23)14-15-35(21-31)40(38,39)29-11-7-6-10-27(29)32/h3-13,16-17,19-20H,14-15,18,21H2,1-2H3. The van der Waals surface area contributed by atoms with Gasteiger partial charge in [-0.05, 0) is 66.8 Å². The number of benzene rings is 3. The summed E-state index contributed by atoms with van der Waals surface area (Å²) in [6, 6.07) is 23.0. The number of hydrogen-bond acceptors (Lipinski definition) is 4. The Morgan fingerprint density at radius 3 is 2.50 bits per heavy atom. The molecule has 3 heterocycles. The first-order chi connectivity index (χ1) is 19.2. The summed E-state index contributed by atoms with van der Waals surface area (Å²) >= 11 is 0. The molecule has 1 aliphatic heterocycles. The molecule has 1 aliphatic rings. The molecule has 0 spiro atoms. The Labute approximate surface area is 232 Å². The summed E-state index contributed by atoms with van der Waals surface area (Å²) in [5.41, 5.74) is 4.22. The van der Waals surface area contributed by atoms with Crippen molar-refractivity contribution in [2.75, 3.05) is 13.1 Å². The van der Waals surface area contributed by atoms with Crippen LogP contribution in [0.2, 0.25) is 0 Å². The number of fused-ring (bicyclic) bond motifs is 1. The summed E-state index contributed by atoms with van der Waals surface area (Å²) < 4.78 is 46.5. The molecule has 5 aromatic rings. The van der Waals surface area contributed by atoms with Crippen LogP contribution in [0.3, 0.4) is 0 Å². The lowest BCUT2D eigenvalue weighted by atomic mass is 9.73. The monoisotopic (exact) mass is 556 g/mol. The fourth-order valence-corrected chi connectivity index (χ4v) is 7.53. The van der Waals surface area contributed by atoms with Gasteiger partial charge in [0.1, 0.15) is 10.7 Å². The molecule has 9 heteroatoms. The van der Waals surface area contributed by atoms with E-state index in [-0.39, 0.29) is 23.5 Å². The molecule has 1 saturated heterocycles. The maximum absolute atomic E-state index is 14.6. The Morgan fingerprint density at radius 2 is 1.75 bits per heavy atom. The number of sulfonamides is 1. The molecule has 3 aromatic carbocycles. The minimum atomic E-state index is -4.02. The largest absolute Gasteiger partial charge is 0.316 e. The molecule has 0 N–H and O–H groups in total. The molecule has 2 aromatic heterocycles. The number of halogens is 1. The van der Waals surface area contributed by atoms with Crippen molar-refractivity contribution in [3.63, 3.8) is 0 Å². The van der Waals surface area contributed by atoms with E-state index in [9.17, 15) is 17.6 Å². The molecular weight excluding hydrogens is 527 g/mol. The highest BCUT2D eigenvalue weighted by atomic mass is 32.2. The van der Waals surface area contributed by atoms with E-state index in [1.807, 2.05) is 25.1 Å². The summed E-state index contributed by atoms with van der Waals surface area (Å²) in [7, 11) is -2.32. The van der Waals surface area contributed by atoms with E-state index in [2.05, 4.69) is 29.4 Å². The smallest absolute Gasteiger partial charge is 0.250 e. The second kappa shape index (κ2) is 9.83. The van der Waals surface area contributed by atoms with Crippen molar-refractivity contribution in [1.82, 2.24) is 18.7 Å². The zero-order valence-corrected chi connectivity index (χ0v) is 23.1. The van der Waals surface area contributed by atoms with E-state index in [4.69, 9.17) is 0 Å². The summed E-state index contributed by atoms with van der Waals surface area (Å²) in [6.07, 6.45) is 4.77. The normalized spacial score (nSPS) is 18.0. The van der Waals surface area contributed by atoms with Crippen LogP contribution in [0, 0.1) is 12.7 Å². The van der Waals surface area contributed by atoms with E-state index in [0.29, 0.717) is 12.8 Å².